The molecule has 3 aromatic rings. The minimum absolute atomic E-state index is 0.0697. The van der Waals surface area contributed by atoms with Crippen molar-refractivity contribution in [1.82, 2.24) is 19.7 Å². The van der Waals surface area contributed by atoms with Crippen molar-refractivity contribution in [2.45, 2.75) is 109 Å². The first kappa shape index (κ1) is 33.6. The van der Waals surface area contributed by atoms with Crippen molar-refractivity contribution >= 4 is 17.8 Å². The maximum atomic E-state index is 14.6. The van der Waals surface area contributed by atoms with E-state index in [1.54, 1.807) is 12.0 Å². The molecule has 0 radical (unpaired) electrons. The summed E-state index contributed by atoms with van der Waals surface area (Å²) >= 11 is 0. The van der Waals surface area contributed by atoms with Gasteiger partial charge in [0.1, 0.15) is 17.7 Å². The van der Waals surface area contributed by atoms with E-state index in [1.807, 2.05) is 28.0 Å². The molecule has 9 heteroatoms. The standard InChI is InChI=1S/C40H53N5O4/c1-27(2)45-25-32(22-42-45)31-12-19-41-36(21-31)44(37(46)30-6-9-34(10-7-30)49-38(47)43-23-28(3)24-43)26-39-13-16-40(17-14-39,18-15-39)33-8-11-35(48-5)29(4)20-33/h8,11-12,19-22,25,27-28,30,34H,6-7,9-10,13-18,23-24,26H2,1-5H3. The Kier molecular flexibility index (Phi) is 9.22. The molecule has 8 rings (SSSR count). The maximum absolute atomic E-state index is 14.6. The molecule has 0 N–H and O–H groups in total. The number of ether oxygens (including phenoxy) is 2. The molecule has 5 fully saturated rings. The summed E-state index contributed by atoms with van der Waals surface area (Å²) in [4.78, 5) is 35.9. The Bertz CT molecular complexity index is 1640. The Labute approximate surface area is 291 Å². The third-order valence-electron chi connectivity index (χ3n) is 12.3. The maximum Gasteiger partial charge on any atom is 0.410 e. The second-order valence-corrected chi connectivity index (χ2v) is 16.0. The molecule has 0 unspecified atom stereocenters. The Morgan fingerprint density at radius 1 is 0.980 bits per heavy atom. The molecular formula is C40H53N5O4. The SMILES string of the molecule is COc1ccc(C23CCC(CN(C(=O)C4CCC(OC(=O)N5CC(C)C5)CC4)c4cc(-c5cnn(C(C)C)c5)ccn4)(CC2)CC3)cc1C. The van der Waals surface area contributed by atoms with Gasteiger partial charge in [0.2, 0.25) is 5.91 Å². The van der Waals surface area contributed by atoms with Crippen LogP contribution in [0.2, 0.25) is 0 Å². The fraction of sp³-hybridized carbons (Fsp3) is 0.600. The molecule has 5 aliphatic rings. The number of carbonyl (C=O) groups is 2. The summed E-state index contributed by atoms with van der Waals surface area (Å²) in [5.74, 6) is 2.26. The van der Waals surface area contributed by atoms with E-state index in [2.05, 4.69) is 63.3 Å². The predicted molar refractivity (Wildman–Crippen MR) is 191 cm³/mol. The molecule has 262 valence electrons. The highest BCUT2D eigenvalue weighted by molar-refractivity contribution is 5.95. The minimum atomic E-state index is -0.203. The summed E-state index contributed by atoms with van der Waals surface area (Å²) < 4.78 is 13.4. The first-order valence-corrected chi connectivity index (χ1v) is 18.5. The van der Waals surface area contributed by atoms with Crippen molar-refractivity contribution in [3.63, 3.8) is 0 Å². The van der Waals surface area contributed by atoms with Crippen LogP contribution < -0.4 is 9.64 Å². The number of hydrogen-bond donors (Lipinski definition) is 0. The number of anilines is 1. The number of aryl methyl sites for hydroxylation is 1. The summed E-state index contributed by atoms with van der Waals surface area (Å²) in [6.45, 7) is 10.8. The third-order valence-corrected chi connectivity index (χ3v) is 12.3. The number of likely N-dealkylation sites (tertiary alicyclic amines) is 1. The van der Waals surface area contributed by atoms with E-state index < -0.39 is 0 Å². The van der Waals surface area contributed by atoms with Crippen molar-refractivity contribution in [2.75, 3.05) is 31.6 Å². The normalized spacial score (nSPS) is 26.8. The number of fused-ring (bicyclic) bond motifs is 3. The van der Waals surface area contributed by atoms with Gasteiger partial charge in [-0.15, -0.1) is 0 Å². The number of amides is 2. The van der Waals surface area contributed by atoms with Crippen LogP contribution in [0.25, 0.3) is 11.1 Å². The smallest absolute Gasteiger partial charge is 0.410 e. The third kappa shape index (κ3) is 6.70. The number of carbonyl (C=O) groups excluding carboxylic acids is 2. The molecule has 1 saturated heterocycles. The van der Waals surface area contributed by atoms with Crippen LogP contribution in [0, 0.1) is 24.2 Å². The number of methoxy groups -OCH3 is 1. The topological polar surface area (TPSA) is 89.8 Å². The van der Waals surface area contributed by atoms with Gasteiger partial charge in [-0.2, -0.15) is 5.10 Å². The molecule has 9 nitrogen and oxygen atoms in total. The Hall–Kier alpha value is -3.88. The van der Waals surface area contributed by atoms with Gasteiger partial charge < -0.3 is 14.4 Å². The predicted octanol–water partition coefficient (Wildman–Crippen LogP) is 8.12. The lowest BCUT2D eigenvalue weighted by atomic mass is 9.51. The molecule has 4 saturated carbocycles. The van der Waals surface area contributed by atoms with Crippen LogP contribution in [-0.2, 0) is 14.9 Å². The molecule has 0 spiro atoms. The van der Waals surface area contributed by atoms with E-state index in [0.29, 0.717) is 12.5 Å². The summed E-state index contributed by atoms with van der Waals surface area (Å²) in [6.07, 6.45) is 15.1. The highest BCUT2D eigenvalue weighted by Crippen LogP contribution is 2.58. The van der Waals surface area contributed by atoms with Crippen LogP contribution in [0.4, 0.5) is 10.6 Å². The lowest BCUT2D eigenvalue weighted by Gasteiger charge is -2.55. The molecule has 2 bridgehead atoms. The Morgan fingerprint density at radius 2 is 1.69 bits per heavy atom. The highest BCUT2D eigenvalue weighted by atomic mass is 16.6. The average Bonchev–Trinajstić information content (AvgIpc) is 3.61. The van der Waals surface area contributed by atoms with E-state index in [1.165, 1.54) is 11.1 Å². The first-order valence-electron chi connectivity index (χ1n) is 18.5. The van der Waals surface area contributed by atoms with Crippen LogP contribution in [0.5, 0.6) is 5.75 Å². The molecule has 0 atom stereocenters. The van der Waals surface area contributed by atoms with Gasteiger partial charge in [0.05, 0.1) is 13.3 Å². The largest absolute Gasteiger partial charge is 0.496 e. The second-order valence-electron chi connectivity index (χ2n) is 16.0. The molecule has 3 heterocycles. The number of nitrogens with zero attached hydrogens (tertiary/aromatic N) is 5. The van der Waals surface area contributed by atoms with Crippen LogP contribution >= 0.6 is 0 Å². The van der Waals surface area contributed by atoms with Crippen LogP contribution in [0.1, 0.15) is 102 Å². The van der Waals surface area contributed by atoms with E-state index in [-0.39, 0.29) is 40.9 Å². The van der Waals surface area contributed by atoms with Crippen LogP contribution in [-0.4, -0.2) is 64.5 Å². The molecular weight excluding hydrogens is 614 g/mol. The quantitative estimate of drug-likeness (QED) is 0.229. The number of benzene rings is 1. The molecule has 2 aromatic heterocycles. The molecule has 49 heavy (non-hydrogen) atoms. The minimum Gasteiger partial charge on any atom is -0.496 e. The molecule has 1 aliphatic heterocycles. The van der Waals surface area contributed by atoms with Crippen molar-refractivity contribution in [1.29, 1.82) is 0 Å². The monoisotopic (exact) mass is 667 g/mol. The Balaban J connectivity index is 1.10. The van der Waals surface area contributed by atoms with Crippen LogP contribution in [0.15, 0.2) is 48.9 Å². The summed E-state index contributed by atoms with van der Waals surface area (Å²) in [6, 6.07) is 11.1. The first-order chi connectivity index (χ1) is 23.6. The number of pyridine rings is 1. The fourth-order valence-corrected chi connectivity index (χ4v) is 8.98. The number of aromatic nitrogens is 3. The van der Waals surface area contributed by atoms with Gasteiger partial charge in [0, 0.05) is 49.6 Å². The van der Waals surface area contributed by atoms with E-state index in [4.69, 9.17) is 14.5 Å². The van der Waals surface area contributed by atoms with Gasteiger partial charge >= 0.3 is 6.09 Å². The second kappa shape index (κ2) is 13.4. The van der Waals surface area contributed by atoms with Gasteiger partial charge in [-0.3, -0.25) is 14.4 Å². The number of rotatable bonds is 9. The van der Waals surface area contributed by atoms with Crippen molar-refractivity contribution in [3.8, 4) is 16.9 Å². The van der Waals surface area contributed by atoms with Crippen molar-refractivity contribution < 1.29 is 19.1 Å². The number of hydrogen-bond acceptors (Lipinski definition) is 6. The summed E-state index contributed by atoms with van der Waals surface area (Å²) in [5.41, 5.74) is 4.94. The Morgan fingerprint density at radius 3 is 2.31 bits per heavy atom. The highest BCUT2D eigenvalue weighted by Gasteiger charge is 2.51. The fourth-order valence-electron chi connectivity index (χ4n) is 8.98. The van der Waals surface area contributed by atoms with Crippen molar-refractivity contribution in [3.05, 3.63) is 60.0 Å². The van der Waals surface area contributed by atoms with Gasteiger partial charge in [-0.05, 0) is 137 Å². The summed E-state index contributed by atoms with van der Waals surface area (Å²) in [7, 11) is 1.74. The van der Waals surface area contributed by atoms with E-state index in [0.717, 1.165) is 100.0 Å². The van der Waals surface area contributed by atoms with Crippen LogP contribution in [0.3, 0.4) is 0 Å². The lowest BCUT2D eigenvalue weighted by Crippen LogP contribution is -2.52. The zero-order chi connectivity index (χ0) is 34.3. The molecule has 2 amide bonds. The zero-order valence-electron chi connectivity index (χ0n) is 30.0. The summed E-state index contributed by atoms with van der Waals surface area (Å²) in [5, 5.41) is 4.57. The van der Waals surface area contributed by atoms with Gasteiger partial charge in [0.15, 0.2) is 0 Å². The van der Waals surface area contributed by atoms with E-state index in [9.17, 15) is 9.59 Å². The van der Waals surface area contributed by atoms with Gasteiger partial charge in [-0.25, -0.2) is 9.78 Å². The van der Waals surface area contributed by atoms with Gasteiger partial charge in [0.25, 0.3) is 0 Å². The zero-order valence-corrected chi connectivity index (χ0v) is 30.0. The average molecular weight is 668 g/mol. The molecule has 4 aliphatic carbocycles. The van der Waals surface area contributed by atoms with Crippen molar-refractivity contribution in [2.24, 2.45) is 17.3 Å². The van der Waals surface area contributed by atoms with E-state index >= 15 is 0 Å². The molecule has 1 aromatic carbocycles. The van der Waals surface area contributed by atoms with Gasteiger partial charge in [-0.1, -0.05) is 19.1 Å². The lowest BCUT2D eigenvalue weighted by molar-refractivity contribution is -0.124.